The smallest absolute Gasteiger partial charge is 0.164 e. The molecule has 0 spiro atoms. The van der Waals surface area contributed by atoms with E-state index in [9.17, 15) is 0 Å². The molecule has 0 aliphatic carbocycles. The summed E-state index contributed by atoms with van der Waals surface area (Å²) < 4.78 is 0. The maximum absolute atomic E-state index is 4.78. The number of halogens is 1. The predicted octanol–water partition coefficient (Wildman–Crippen LogP) is 7.16. The molecule has 3 nitrogen and oxygen atoms in total. The molecule has 0 saturated heterocycles. The fourth-order valence-electron chi connectivity index (χ4n) is 3.38. The minimum atomic E-state index is 0. The van der Waals surface area contributed by atoms with Crippen molar-refractivity contribution < 1.29 is 0 Å². The first-order valence-electron chi connectivity index (χ1n) is 9.90. The summed E-state index contributed by atoms with van der Waals surface area (Å²) in [5, 5.41) is 0. The quantitative estimate of drug-likeness (QED) is 0.240. The zero-order valence-corrected chi connectivity index (χ0v) is 19.0. The average molecular weight is 513 g/mol. The number of nitrogens with zero attached hydrogens (tertiary/aromatic N) is 3. The Morgan fingerprint density at radius 3 is 0.935 bits per heavy atom. The number of rotatable bonds is 4. The van der Waals surface area contributed by atoms with Gasteiger partial charge in [-0.15, -0.1) is 24.0 Å². The van der Waals surface area contributed by atoms with E-state index in [0.717, 1.165) is 16.7 Å². The van der Waals surface area contributed by atoms with Gasteiger partial charge in [0, 0.05) is 16.7 Å². The molecule has 5 aromatic rings. The first kappa shape index (κ1) is 20.9. The molecule has 1 aromatic heterocycles. The molecule has 0 saturated carbocycles. The molecule has 4 heteroatoms. The van der Waals surface area contributed by atoms with Gasteiger partial charge in [-0.1, -0.05) is 115 Å². The van der Waals surface area contributed by atoms with Gasteiger partial charge in [-0.2, -0.15) is 0 Å². The molecular formula is C27H20IN3. The second-order valence-electron chi connectivity index (χ2n) is 6.98. The van der Waals surface area contributed by atoms with Crippen LogP contribution in [0.3, 0.4) is 0 Å². The molecule has 0 bridgehead atoms. The normalized spacial score (nSPS) is 10.3. The van der Waals surface area contributed by atoms with Crippen LogP contribution < -0.4 is 0 Å². The third-order valence-corrected chi connectivity index (χ3v) is 4.95. The number of aromatic nitrogens is 3. The van der Waals surface area contributed by atoms with Gasteiger partial charge < -0.3 is 0 Å². The van der Waals surface area contributed by atoms with Crippen molar-refractivity contribution in [3.63, 3.8) is 0 Å². The van der Waals surface area contributed by atoms with Gasteiger partial charge in [0.15, 0.2) is 17.5 Å². The van der Waals surface area contributed by atoms with E-state index in [2.05, 4.69) is 36.4 Å². The van der Waals surface area contributed by atoms with E-state index in [0.29, 0.717) is 17.5 Å². The van der Waals surface area contributed by atoms with Crippen LogP contribution in [-0.4, -0.2) is 15.0 Å². The van der Waals surface area contributed by atoms with Crippen molar-refractivity contribution in [2.45, 2.75) is 0 Å². The Labute approximate surface area is 198 Å². The highest BCUT2D eigenvalue weighted by atomic mass is 127. The Hall–Kier alpha value is -3.38. The van der Waals surface area contributed by atoms with Crippen molar-refractivity contribution in [2.75, 3.05) is 0 Å². The maximum atomic E-state index is 4.78. The highest BCUT2D eigenvalue weighted by Gasteiger charge is 2.12. The van der Waals surface area contributed by atoms with Gasteiger partial charge in [0.25, 0.3) is 0 Å². The summed E-state index contributed by atoms with van der Waals surface area (Å²) >= 11 is 0. The molecule has 0 aliphatic heterocycles. The first-order valence-corrected chi connectivity index (χ1v) is 9.90. The topological polar surface area (TPSA) is 38.7 Å². The zero-order valence-electron chi connectivity index (χ0n) is 16.7. The van der Waals surface area contributed by atoms with Gasteiger partial charge in [-0.25, -0.2) is 15.0 Å². The first-order chi connectivity index (χ1) is 14.9. The molecule has 4 aromatic carbocycles. The van der Waals surface area contributed by atoms with Crippen molar-refractivity contribution in [2.24, 2.45) is 0 Å². The molecule has 0 atom stereocenters. The van der Waals surface area contributed by atoms with E-state index in [1.165, 1.54) is 11.1 Å². The summed E-state index contributed by atoms with van der Waals surface area (Å²) in [4.78, 5) is 14.3. The van der Waals surface area contributed by atoms with Gasteiger partial charge in [-0.3, -0.25) is 0 Å². The summed E-state index contributed by atoms with van der Waals surface area (Å²) in [6.45, 7) is 0. The van der Waals surface area contributed by atoms with E-state index in [1.54, 1.807) is 0 Å². The van der Waals surface area contributed by atoms with Gasteiger partial charge in [0.2, 0.25) is 0 Å². The van der Waals surface area contributed by atoms with Crippen molar-refractivity contribution in [3.05, 3.63) is 115 Å². The zero-order chi connectivity index (χ0) is 20.2. The van der Waals surface area contributed by atoms with Gasteiger partial charge >= 0.3 is 0 Å². The highest BCUT2D eigenvalue weighted by molar-refractivity contribution is 14.0. The van der Waals surface area contributed by atoms with Crippen LogP contribution >= 0.6 is 24.0 Å². The maximum Gasteiger partial charge on any atom is 0.164 e. The minimum absolute atomic E-state index is 0. The van der Waals surface area contributed by atoms with E-state index in [1.807, 2.05) is 78.9 Å². The van der Waals surface area contributed by atoms with E-state index >= 15 is 0 Å². The average Bonchev–Trinajstić information content (AvgIpc) is 2.85. The second kappa shape index (κ2) is 9.62. The van der Waals surface area contributed by atoms with Crippen molar-refractivity contribution in [1.29, 1.82) is 0 Å². The van der Waals surface area contributed by atoms with Crippen molar-refractivity contribution in [3.8, 4) is 45.3 Å². The Kier molecular flexibility index (Phi) is 6.48. The molecule has 0 fully saturated rings. The molecular weight excluding hydrogens is 493 g/mol. The highest BCUT2D eigenvalue weighted by Crippen LogP contribution is 2.26. The summed E-state index contributed by atoms with van der Waals surface area (Å²) in [6.07, 6.45) is 0. The third kappa shape index (κ3) is 4.70. The van der Waals surface area contributed by atoms with E-state index in [4.69, 9.17) is 15.0 Å². The van der Waals surface area contributed by atoms with Crippen LogP contribution in [-0.2, 0) is 0 Å². The van der Waals surface area contributed by atoms with Crippen LogP contribution in [0.15, 0.2) is 115 Å². The van der Waals surface area contributed by atoms with Crippen LogP contribution in [0, 0.1) is 0 Å². The Morgan fingerprint density at radius 1 is 0.290 bits per heavy atom. The second-order valence-corrected chi connectivity index (χ2v) is 6.98. The molecule has 150 valence electrons. The Balaban J connectivity index is 0.00000231. The van der Waals surface area contributed by atoms with Crippen LogP contribution in [0.5, 0.6) is 0 Å². The van der Waals surface area contributed by atoms with Gasteiger partial charge in [0.1, 0.15) is 0 Å². The number of hydrogen-bond donors (Lipinski definition) is 0. The predicted molar refractivity (Wildman–Crippen MR) is 137 cm³/mol. The third-order valence-electron chi connectivity index (χ3n) is 4.95. The van der Waals surface area contributed by atoms with Crippen LogP contribution in [0.2, 0.25) is 0 Å². The molecule has 31 heavy (non-hydrogen) atoms. The van der Waals surface area contributed by atoms with Gasteiger partial charge in [0.05, 0.1) is 0 Å². The molecule has 1 heterocycles. The number of hydrogen-bond acceptors (Lipinski definition) is 3. The lowest BCUT2D eigenvalue weighted by Crippen LogP contribution is -2.00. The monoisotopic (exact) mass is 513 g/mol. The summed E-state index contributed by atoms with van der Waals surface area (Å²) in [6, 6.07) is 38.8. The molecule has 0 aliphatic rings. The molecule has 5 rings (SSSR count). The molecule has 0 amide bonds. The van der Waals surface area contributed by atoms with E-state index < -0.39 is 0 Å². The fourth-order valence-corrected chi connectivity index (χ4v) is 3.38. The Morgan fingerprint density at radius 2 is 0.548 bits per heavy atom. The van der Waals surface area contributed by atoms with Gasteiger partial charge in [-0.05, 0) is 11.1 Å². The van der Waals surface area contributed by atoms with Crippen LogP contribution in [0.1, 0.15) is 0 Å². The van der Waals surface area contributed by atoms with Crippen molar-refractivity contribution in [1.82, 2.24) is 15.0 Å². The number of benzene rings is 4. The SMILES string of the molecule is I.c1ccc(-c2ccc(-c3nc(-c4ccccc4)nc(-c4ccccc4)n3)cc2)cc1. The molecule has 0 radical (unpaired) electrons. The summed E-state index contributed by atoms with van der Waals surface area (Å²) in [5.41, 5.74) is 5.26. The summed E-state index contributed by atoms with van der Waals surface area (Å²) in [5.74, 6) is 2.01. The standard InChI is InChI=1S/C27H19N3.HI/c1-4-10-20(11-5-1)21-16-18-24(19-17-21)27-29-25(22-12-6-2-7-13-22)28-26(30-27)23-14-8-3-9-15-23;/h1-19H;1H. The summed E-state index contributed by atoms with van der Waals surface area (Å²) in [7, 11) is 0. The lowest BCUT2D eigenvalue weighted by atomic mass is 10.0. The largest absolute Gasteiger partial charge is 0.208 e. The van der Waals surface area contributed by atoms with Crippen LogP contribution in [0.4, 0.5) is 0 Å². The minimum Gasteiger partial charge on any atom is -0.208 e. The van der Waals surface area contributed by atoms with Crippen molar-refractivity contribution >= 4 is 24.0 Å². The van der Waals surface area contributed by atoms with E-state index in [-0.39, 0.29) is 24.0 Å². The Bertz CT molecular complexity index is 1200. The lowest BCUT2D eigenvalue weighted by molar-refractivity contribution is 1.07. The van der Waals surface area contributed by atoms with Crippen LogP contribution in [0.25, 0.3) is 45.3 Å². The lowest BCUT2D eigenvalue weighted by Gasteiger charge is -2.09. The molecule has 0 N–H and O–H groups in total. The molecule has 0 unspecified atom stereocenters. The fraction of sp³-hybridized carbons (Fsp3) is 0.